The Kier molecular flexibility index (Phi) is 22.4. The number of fused-ring (bicyclic) bond motifs is 2. The van der Waals surface area contributed by atoms with Crippen LogP contribution in [0.1, 0.15) is 155 Å². The van der Waals surface area contributed by atoms with E-state index in [0.29, 0.717) is 43.0 Å². The number of ether oxygens (including phenoxy) is 4. The Bertz CT molecular complexity index is 1610. The average Bonchev–Trinajstić information content (AvgIpc) is 3.25. The number of oxime groups is 1. The summed E-state index contributed by atoms with van der Waals surface area (Å²) in [5.74, 6) is -1.20. The molecule has 0 aromatic heterocycles. The number of amides is 2. The van der Waals surface area contributed by atoms with E-state index in [1.165, 1.54) is 32.1 Å². The van der Waals surface area contributed by atoms with E-state index >= 15 is 0 Å². The summed E-state index contributed by atoms with van der Waals surface area (Å²) in [6.45, 7) is 15.1. The molecule has 2 amide bonds. The summed E-state index contributed by atoms with van der Waals surface area (Å²) in [5.41, 5.74) is 1.90. The van der Waals surface area contributed by atoms with Crippen LogP contribution in [-0.4, -0.2) is 108 Å². The molecule has 1 aromatic rings. The molecule has 1 saturated carbocycles. The molecule has 0 spiro atoms. The Hall–Kier alpha value is -3.49. The highest BCUT2D eigenvalue weighted by Gasteiger charge is 2.65. The van der Waals surface area contributed by atoms with Crippen molar-refractivity contribution in [2.45, 2.75) is 167 Å². The molecule has 13 nitrogen and oxygen atoms in total. The molecule has 4 N–H and O–H groups in total. The molecule has 0 saturated heterocycles. The molecule has 13 heteroatoms. The fourth-order valence-corrected chi connectivity index (χ4v) is 9.71. The Balaban J connectivity index is 1.92. The first-order chi connectivity index (χ1) is 30.5. The fraction of sp³-hybridized carbons (Fsp3) is 0.740. The van der Waals surface area contributed by atoms with Gasteiger partial charge in [-0.2, -0.15) is 0 Å². The predicted octanol–water partition coefficient (Wildman–Crippen LogP) is 8.99. The van der Waals surface area contributed by atoms with E-state index in [4.69, 9.17) is 28.9 Å². The van der Waals surface area contributed by atoms with E-state index in [9.17, 15) is 24.9 Å². The highest BCUT2D eigenvalue weighted by Crippen LogP contribution is 2.62. The molecule has 1 heterocycles. The van der Waals surface area contributed by atoms with Crippen LogP contribution in [-0.2, 0) is 19.1 Å². The summed E-state index contributed by atoms with van der Waals surface area (Å²) in [7, 11) is 0. The van der Waals surface area contributed by atoms with Gasteiger partial charge in [0.25, 0.3) is 0 Å². The molecule has 1 fully saturated rings. The van der Waals surface area contributed by atoms with E-state index in [0.717, 1.165) is 62.5 Å². The second-order valence-electron chi connectivity index (χ2n) is 18.4. The number of hydrogen-bond acceptors (Lipinski definition) is 11. The summed E-state index contributed by atoms with van der Waals surface area (Å²) < 4.78 is 26.1. The minimum absolute atomic E-state index is 0.0145. The van der Waals surface area contributed by atoms with Gasteiger partial charge in [-0.25, -0.2) is 4.79 Å². The van der Waals surface area contributed by atoms with Gasteiger partial charge in [0, 0.05) is 50.6 Å². The third-order valence-electron chi connectivity index (χ3n) is 12.5. The maximum absolute atomic E-state index is 14.9. The maximum atomic E-state index is 14.9. The second-order valence-corrected chi connectivity index (χ2v) is 18.4. The van der Waals surface area contributed by atoms with Crippen LogP contribution >= 0.6 is 0 Å². The van der Waals surface area contributed by atoms with Crippen LogP contribution in [0.5, 0.6) is 11.5 Å². The van der Waals surface area contributed by atoms with E-state index in [2.05, 4.69) is 24.9 Å². The summed E-state index contributed by atoms with van der Waals surface area (Å²) >= 11 is 0. The molecule has 3 aliphatic rings. The first-order valence-corrected chi connectivity index (χ1v) is 24.2. The van der Waals surface area contributed by atoms with Crippen molar-refractivity contribution in [3.8, 4) is 11.5 Å². The number of aliphatic hydroxyl groups excluding tert-OH is 3. The fourth-order valence-electron chi connectivity index (χ4n) is 9.71. The van der Waals surface area contributed by atoms with Gasteiger partial charge in [-0.05, 0) is 95.4 Å². The quantitative estimate of drug-likeness (QED) is 0.0333. The van der Waals surface area contributed by atoms with E-state index in [1.807, 2.05) is 44.7 Å². The Morgan fingerprint density at radius 2 is 1.63 bits per heavy atom. The third kappa shape index (κ3) is 15.0. The molecule has 6 atom stereocenters. The lowest BCUT2D eigenvalue weighted by atomic mass is 9.55. The van der Waals surface area contributed by atoms with Gasteiger partial charge in [-0.3, -0.25) is 4.79 Å². The highest BCUT2D eigenvalue weighted by molar-refractivity contribution is 6.03. The van der Waals surface area contributed by atoms with Crippen molar-refractivity contribution < 1.29 is 48.7 Å². The van der Waals surface area contributed by atoms with Crippen LogP contribution in [0.2, 0.25) is 0 Å². The average molecular weight is 884 g/mol. The third-order valence-corrected chi connectivity index (χ3v) is 12.5. The molecule has 0 unspecified atom stereocenters. The largest absolute Gasteiger partial charge is 0.459 e. The first-order valence-electron chi connectivity index (χ1n) is 24.2. The zero-order chi connectivity index (χ0) is 45.7. The molecule has 1 aliphatic heterocycles. The molecular weight excluding hydrogens is 803 g/mol. The first kappa shape index (κ1) is 52.1. The monoisotopic (exact) mass is 884 g/mol. The van der Waals surface area contributed by atoms with Crippen LogP contribution < -0.4 is 14.8 Å². The van der Waals surface area contributed by atoms with Gasteiger partial charge in [0.2, 0.25) is 11.7 Å². The highest BCUT2D eigenvalue weighted by atomic mass is 16.7. The number of carbonyl (C=O) groups is 2. The van der Waals surface area contributed by atoms with Crippen molar-refractivity contribution in [3.63, 3.8) is 0 Å². The van der Waals surface area contributed by atoms with Crippen molar-refractivity contribution in [1.29, 1.82) is 0 Å². The Labute approximate surface area is 378 Å². The number of benzene rings is 1. The van der Waals surface area contributed by atoms with Crippen LogP contribution in [0.25, 0.3) is 0 Å². The number of unbranched alkanes of at least 4 members (excludes halogenated alkanes) is 10. The van der Waals surface area contributed by atoms with Crippen LogP contribution in [0.4, 0.5) is 4.79 Å². The second kappa shape index (κ2) is 27.1. The molecule has 4 rings (SSSR count). The summed E-state index contributed by atoms with van der Waals surface area (Å²) in [5, 5.41) is 37.1. The molecule has 1 aromatic carbocycles. The lowest BCUT2D eigenvalue weighted by Crippen LogP contribution is -2.70. The van der Waals surface area contributed by atoms with Crippen LogP contribution in [0, 0.1) is 17.8 Å². The lowest BCUT2D eigenvalue weighted by molar-refractivity contribution is -0.258. The van der Waals surface area contributed by atoms with Gasteiger partial charge in [0.15, 0.2) is 0 Å². The number of aliphatic hydroxyl groups is 3. The van der Waals surface area contributed by atoms with Crippen molar-refractivity contribution in [3.05, 3.63) is 48.1 Å². The van der Waals surface area contributed by atoms with E-state index in [1.54, 1.807) is 12.1 Å². The molecule has 2 aliphatic carbocycles. The molecule has 0 bridgehead atoms. The maximum Gasteiger partial charge on any atom is 0.412 e. The Morgan fingerprint density at radius 1 is 0.937 bits per heavy atom. The molecular formula is C50H81N3O10. The topological polar surface area (TPSA) is 169 Å². The van der Waals surface area contributed by atoms with Crippen LogP contribution in [0.3, 0.4) is 0 Å². The van der Waals surface area contributed by atoms with Gasteiger partial charge in [0.1, 0.15) is 23.1 Å². The SMILES string of the molecule is C=CCO[C@@]12Oc3ccc(OC(=O)NCC)cc3[C@H]3[C@H](CCCCO)[C@@H](CCCCO)C=C(C(=NOC(C)(C)C)C[C@@H]1N(CCOCCO)C(=O)CCCCCCCCCCC)[C@H]32. The normalized spacial score (nSPS) is 23.3. The standard InChI is InChI=1S/C50H81N3O10/c1-7-10-11-12-13-14-15-16-17-24-45(57)53(27-32-59-33-30-56)44-36-42(52-63-49(4,5)6)40-34-37(22-18-20-28-54)39(23-19-21-29-55)46-41-35-38(61-48(58)51-9-3)25-26-43(41)62-50(44,47(40)46)60-31-8-2/h8,25-26,34-35,37,39,44,46-47,54-56H,2,7,9-24,27-33,36H2,1,3-6H3,(H,51,58)/t37-,39+,44-,46+,47+,50+/m0/s1. The predicted molar refractivity (Wildman–Crippen MR) is 247 cm³/mol. The number of hydrogen-bond donors (Lipinski definition) is 4. The van der Waals surface area contributed by atoms with Crippen molar-refractivity contribution in [2.24, 2.45) is 22.9 Å². The molecule has 0 radical (unpaired) electrons. The minimum atomic E-state index is -1.42. The van der Waals surface area contributed by atoms with Gasteiger partial charge < -0.3 is 49.3 Å². The van der Waals surface area contributed by atoms with Crippen molar-refractivity contribution in [1.82, 2.24) is 10.2 Å². The summed E-state index contributed by atoms with van der Waals surface area (Å²) in [6.07, 6.45) is 18.8. The molecule has 356 valence electrons. The summed E-state index contributed by atoms with van der Waals surface area (Å²) in [6, 6.07) is 4.79. The minimum Gasteiger partial charge on any atom is -0.459 e. The van der Waals surface area contributed by atoms with Crippen molar-refractivity contribution >= 4 is 17.7 Å². The number of rotatable bonds is 30. The van der Waals surface area contributed by atoms with Crippen molar-refractivity contribution in [2.75, 3.05) is 52.7 Å². The number of nitrogens with one attached hydrogen (secondary N) is 1. The number of carbonyl (C=O) groups excluding carboxylic acids is 2. The van der Waals surface area contributed by atoms with E-state index < -0.39 is 29.4 Å². The molecule has 63 heavy (non-hydrogen) atoms. The Morgan fingerprint density at radius 3 is 2.29 bits per heavy atom. The number of allylic oxidation sites excluding steroid dienone is 1. The van der Waals surface area contributed by atoms with Crippen LogP contribution in [0.15, 0.2) is 47.7 Å². The number of nitrogens with zero attached hydrogens (tertiary/aromatic N) is 2. The lowest BCUT2D eigenvalue weighted by Gasteiger charge is -2.60. The summed E-state index contributed by atoms with van der Waals surface area (Å²) in [4.78, 5) is 35.8. The zero-order valence-electron chi connectivity index (χ0n) is 39.3. The van der Waals surface area contributed by atoms with Gasteiger partial charge in [0.05, 0.1) is 38.1 Å². The van der Waals surface area contributed by atoms with Gasteiger partial charge in [-0.15, -0.1) is 6.58 Å². The zero-order valence-corrected chi connectivity index (χ0v) is 39.3. The van der Waals surface area contributed by atoms with E-state index in [-0.39, 0.29) is 76.3 Å². The van der Waals surface area contributed by atoms with Gasteiger partial charge >= 0.3 is 6.09 Å². The smallest absolute Gasteiger partial charge is 0.412 e. The van der Waals surface area contributed by atoms with Gasteiger partial charge in [-0.1, -0.05) is 88.4 Å².